The van der Waals surface area contributed by atoms with E-state index >= 15 is 0 Å². The van der Waals surface area contributed by atoms with Gasteiger partial charge in [0.25, 0.3) is 11.8 Å². The van der Waals surface area contributed by atoms with Gasteiger partial charge in [0, 0.05) is 24.1 Å². The lowest BCUT2D eigenvalue weighted by molar-refractivity contribution is 0.0653. The number of amides is 4. The van der Waals surface area contributed by atoms with Gasteiger partial charge in [0.15, 0.2) is 0 Å². The maximum absolute atomic E-state index is 12.2. The largest absolute Gasteiger partial charge is 0.338 e. The molecule has 4 amide bonds. The lowest BCUT2D eigenvalue weighted by Crippen LogP contribution is -2.37. The molecule has 0 aliphatic carbocycles. The van der Waals surface area contributed by atoms with Crippen LogP contribution in [0.25, 0.3) is 0 Å². The van der Waals surface area contributed by atoms with Crippen molar-refractivity contribution in [3.8, 4) is 0 Å². The average Bonchev–Trinajstić information content (AvgIpc) is 2.89. The van der Waals surface area contributed by atoms with E-state index in [4.69, 9.17) is 0 Å². The highest BCUT2D eigenvalue weighted by Crippen LogP contribution is 2.22. The Morgan fingerprint density at radius 1 is 0.923 bits per heavy atom. The van der Waals surface area contributed by atoms with E-state index in [1.807, 2.05) is 24.3 Å². The van der Waals surface area contributed by atoms with Crippen LogP contribution in [0.4, 0.5) is 4.79 Å². The molecule has 0 aromatic heterocycles. The molecule has 0 fully saturated rings. The van der Waals surface area contributed by atoms with Gasteiger partial charge in [-0.3, -0.25) is 14.5 Å². The first kappa shape index (κ1) is 18.1. The van der Waals surface area contributed by atoms with E-state index in [1.54, 1.807) is 24.3 Å². The quantitative estimate of drug-likeness (QED) is 0.562. The summed E-state index contributed by atoms with van der Waals surface area (Å²) in [5.74, 6) is -0.548. The fourth-order valence-corrected chi connectivity index (χ4v) is 3.19. The van der Waals surface area contributed by atoms with E-state index in [1.165, 1.54) is 4.90 Å². The zero-order chi connectivity index (χ0) is 18.5. The molecule has 6 nitrogen and oxygen atoms in total. The molecule has 0 atom stereocenters. The number of halogens is 1. The maximum atomic E-state index is 12.2. The molecule has 0 radical (unpaired) electrons. The molecule has 26 heavy (non-hydrogen) atoms. The van der Waals surface area contributed by atoms with E-state index < -0.39 is 0 Å². The molecular weight excluding hydrogens is 398 g/mol. The van der Waals surface area contributed by atoms with Crippen molar-refractivity contribution >= 4 is 33.8 Å². The second-order valence-electron chi connectivity index (χ2n) is 5.86. The normalized spacial score (nSPS) is 12.9. The fraction of sp³-hybridized carbons (Fsp3) is 0.211. The summed E-state index contributed by atoms with van der Waals surface area (Å²) in [5.41, 5.74) is 1.86. The van der Waals surface area contributed by atoms with Crippen molar-refractivity contribution in [2.45, 2.75) is 13.0 Å². The molecular formula is C19H18BrN3O3. The molecule has 2 aromatic carbocycles. The number of hydrogen-bond acceptors (Lipinski definition) is 3. The number of hydrogen-bond donors (Lipinski definition) is 2. The van der Waals surface area contributed by atoms with Crippen LogP contribution in [0.1, 0.15) is 32.7 Å². The van der Waals surface area contributed by atoms with Crippen molar-refractivity contribution in [3.63, 3.8) is 0 Å². The summed E-state index contributed by atoms with van der Waals surface area (Å²) in [6, 6.07) is 14.2. The number of fused-ring (bicyclic) bond motifs is 1. The third-order valence-corrected chi connectivity index (χ3v) is 4.89. The minimum absolute atomic E-state index is 0.274. The van der Waals surface area contributed by atoms with Crippen LogP contribution in [0, 0.1) is 0 Å². The Balaban J connectivity index is 1.41. The smallest absolute Gasteiger partial charge is 0.315 e. The van der Waals surface area contributed by atoms with Crippen molar-refractivity contribution in [1.29, 1.82) is 0 Å². The van der Waals surface area contributed by atoms with Crippen molar-refractivity contribution in [2.75, 3.05) is 13.1 Å². The van der Waals surface area contributed by atoms with E-state index in [-0.39, 0.29) is 24.4 Å². The lowest BCUT2D eigenvalue weighted by Gasteiger charge is -2.14. The highest BCUT2D eigenvalue weighted by atomic mass is 79.9. The standard InChI is InChI=1S/C19H18BrN3O3/c20-16-9-4-1-6-13(16)12-22-19(26)21-10-5-11-23-17(24)14-7-2-3-8-15(14)18(23)25/h1-4,6-9H,5,10-12H2,(H2,21,22,26). The van der Waals surface area contributed by atoms with Crippen LogP contribution in [0.15, 0.2) is 53.0 Å². The molecule has 1 aliphatic heterocycles. The Labute approximate surface area is 159 Å². The Bertz CT molecular complexity index is 818. The number of urea groups is 1. The summed E-state index contributed by atoms with van der Waals surface area (Å²) in [6.45, 7) is 1.05. The zero-order valence-electron chi connectivity index (χ0n) is 14.0. The third kappa shape index (κ3) is 3.94. The predicted octanol–water partition coefficient (Wildman–Crippen LogP) is 2.93. The van der Waals surface area contributed by atoms with E-state index in [0.717, 1.165) is 10.0 Å². The SMILES string of the molecule is O=C(NCCCN1C(=O)c2ccccc2C1=O)NCc1ccccc1Br. The van der Waals surface area contributed by atoms with Crippen LogP contribution in [-0.4, -0.2) is 35.8 Å². The number of rotatable bonds is 6. The first-order valence-electron chi connectivity index (χ1n) is 8.28. The number of carbonyl (C=O) groups is 3. The molecule has 1 aliphatic rings. The molecule has 3 rings (SSSR count). The lowest BCUT2D eigenvalue weighted by atomic mass is 10.1. The molecule has 2 N–H and O–H groups in total. The predicted molar refractivity (Wildman–Crippen MR) is 101 cm³/mol. The summed E-state index contributed by atoms with van der Waals surface area (Å²) >= 11 is 3.43. The molecule has 0 spiro atoms. The van der Waals surface area contributed by atoms with Gasteiger partial charge in [0.05, 0.1) is 11.1 Å². The van der Waals surface area contributed by atoms with Gasteiger partial charge >= 0.3 is 6.03 Å². The van der Waals surface area contributed by atoms with Crippen LogP contribution >= 0.6 is 15.9 Å². The topological polar surface area (TPSA) is 78.5 Å². The molecule has 134 valence electrons. The Morgan fingerprint density at radius 2 is 1.54 bits per heavy atom. The molecule has 0 saturated carbocycles. The van der Waals surface area contributed by atoms with Crippen molar-refractivity contribution in [3.05, 3.63) is 69.7 Å². The van der Waals surface area contributed by atoms with Crippen LogP contribution in [-0.2, 0) is 6.54 Å². The maximum Gasteiger partial charge on any atom is 0.315 e. The number of carbonyl (C=O) groups excluding carboxylic acids is 3. The first-order chi connectivity index (χ1) is 12.6. The Morgan fingerprint density at radius 3 is 2.19 bits per heavy atom. The summed E-state index contributed by atoms with van der Waals surface area (Å²) in [6.07, 6.45) is 0.494. The van der Waals surface area contributed by atoms with Crippen molar-refractivity contribution in [2.24, 2.45) is 0 Å². The Kier molecular flexibility index (Phi) is 5.68. The van der Waals surface area contributed by atoms with Gasteiger partial charge in [0.1, 0.15) is 0 Å². The summed E-state index contributed by atoms with van der Waals surface area (Å²) in [4.78, 5) is 37.5. The van der Waals surface area contributed by atoms with E-state index in [9.17, 15) is 14.4 Å². The Hall–Kier alpha value is -2.67. The minimum atomic E-state index is -0.289. The first-order valence-corrected chi connectivity index (χ1v) is 9.07. The second kappa shape index (κ2) is 8.14. The van der Waals surface area contributed by atoms with Gasteiger partial charge in [-0.25, -0.2) is 4.79 Å². The number of imide groups is 1. The van der Waals surface area contributed by atoms with Crippen LogP contribution in [0.3, 0.4) is 0 Å². The highest BCUT2D eigenvalue weighted by molar-refractivity contribution is 9.10. The monoisotopic (exact) mass is 415 g/mol. The average molecular weight is 416 g/mol. The van der Waals surface area contributed by atoms with Crippen LogP contribution in [0.2, 0.25) is 0 Å². The molecule has 1 heterocycles. The summed E-state index contributed by atoms with van der Waals surface area (Å²) in [7, 11) is 0. The van der Waals surface area contributed by atoms with Gasteiger partial charge in [0.2, 0.25) is 0 Å². The minimum Gasteiger partial charge on any atom is -0.338 e. The number of nitrogens with one attached hydrogen (secondary N) is 2. The van der Waals surface area contributed by atoms with E-state index in [2.05, 4.69) is 26.6 Å². The zero-order valence-corrected chi connectivity index (χ0v) is 15.6. The number of nitrogens with zero attached hydrogens (tertiary/aromatic N) is 1. The highest BCUT2D eigenvalue weighted by Gasteiger charge is 2.34. The molecule has 0 bridgehead atoms. The molecule has 7 heteroatoms. The van der Waals surface area contributed by atoms with Crippen molar-refractivity contribution < 1.29 is 14.4 Å². The van der Waals surface area contributed by atoms with Gasteiger partial charge in [-0.15, -0.1) is 0 Å². The van der Waals surface area contributed by atoms with Gasteiger partial charge in [-0.2, -0.15) is 0 Å². The molecule has 0 unspecified atom stereocenters. The van der Waals surface area contributed by atoms with E-state index in [0.29, 0.717) is 30.6 Å². The van der Waals surface area contributed by atoms with Crippen LogP contribution < -0.4 is 10.6 Å². The number of benzene rings is 2. The van der Waals surface area contributed by atoms with Crippen LogP contribution in [0.5, 0.6) is 0 Å². The third-order valence-electron chi connectivity index (χ3n) is 4.12. The fourth-order valence-electron chi connectivity index (χ4n) is 2.76. The molecule has 0 saturated heterocycles. The van der Waals surface area contributed by atoms with Gasteiger partial charge in [-0.05, 0) is 30.2 Å². The summed E-state index contributed by atoms with van der Waals surface area (Å²) in [5, 5.41) is 5.50. The van der Waals surface area contributed by atoms with Gasteiger partial charge in [-0.1, -0.05) is 46.3 Å². The van der Waals surface area contributed by atoms with Gasteiger partial charge < -0.3 is 10.6 Å². The summed E-state index contributed by atoms with van der Waals surface area (Å²) < 4.78 is 0.936. The second-order valence-corrected chi connectivity index (χ2v) is 6.72. The molecule has 2 aromatic rings. The van der Waals surface area contributed by atoms with Crippen molar-refractivity contribution in [1.82, 2.24) is 15.5 Å².